The Labute approximate surface area is 110 Å². The Kier molecular flexibility index (Phi) is 7.96. The lowest BCUT2D eigenvalue weighted by atomic mass is 10.2. The number of unbranched alkanes of at least 4 members (excludes halogenated alkanes) is 1. The molecule has 0 aliphatic carbocycles. The first-order chi connectivity index (χ1) is 8.72. The first-order valence-electron chi connectivity index (χ1n) is 6.88. The van der Waals surface area contributed by atoms with Crippen LogP contribution in [0.25, 0.3) is 0 Å². The van der Waals surface area contributed by atoms with Gasteiger partial charge in [0.15, 0.2) is 0 Å². The van der Waals surface area contributed by atoms with Crippen molar-refractivity contribution in [2.45, 2.75) is 32.8 Å². The van der Waals surface area contributed by atoms with Crippen LogP contribution in [0.1, 0.15) is 26.7 Å². The number of nitrogens with one attached hydrogen (secondary N) is 1. The number of amides is 1. The van der Waals surface area contributed by atoms with Gasteiger partial charge in [0.05, 0.1) is 19.3 Å². The molecule has 1 aliphatic heterocycles. The highest BCUT2D eigenvalue weighted by atomic mass is 16.5. The zero-order chi connectivity index (χ0) is 13.2. The van der Waals surface area contributed by atoms with E-state index in [1.807, 2.05) is 0 Å². The molecule has 5 heteroatoms. The van der Waals surface area contributed by atoms with Crippen LogP contribution in [0.3, 0.4) is 0 Å². The van der Waals surface area contributed by atoms with Crippen molar-refractivity contribution in [3.63, 3.8) is 0 Å². The molecule has 106 valence electrons. The van der Waals surface area contributed by atoms with Gasteiger partial charge >= 0.3 is 0 Å². The van der Waals surface area contributed by atoms with Gasteiger partial charge in [-0.25, -0.2) is 0 Å². The van der Waals surface area contributed by atoms with Crippen LogP contribution in [-0.2, 0) is 14.3 Å². The quantitative estimate of drug-likeness (QED) is 0.649. The summed E-state index contributed by atoms with van der Waals surface area (Å²) in [6, 6.07) is 0. The highest BCUT2D eigenvalue weighted by Crippen LogP contribution is 2.04. The molecule has 1 N–H and O–H groups in total. The van der Waals surface area contributed by atoms with Gasteiger partial charge in [-0.15, -0.1) is 0 Å². The lowest BCUT2D eigenvalue weighted by molar-refractivity contribution is -0.120. The fraction of sp³-hybridized carbons (Fsp3) is 0.923. The summed E-state index contributed by atoms with van der Waals surface area (Å²) in [4.78, 5) is 13.2. The standard InChI is InChI=1S/C13H26N2O3/c1-3-4-7-17-8-5-15-6-9-18-13(11-15)10-14-12(2)16/h13H,3-11H2,1-2H3,(H,14,16)/t13-/m0/s1. The molecule has 0 aromatic heterocycles. The number of carbonyl (C=O) groups excluding carboxylic acids is 1. The van der Waals surface area contributed by atoms with E-state index in [2.05, 4.69) is 17.1 Å². The summed E-state index contributed by atoms with van der Waals surface area (Å²) >= 11 is 0. The molecule has 0 radical (unpaired) electrons. The van der Waals surface area contributed by atoms with Crippen molar-refractivity contribution in [2.24, 2.45) is 0 Å². The van der Waals surface area contributed by atoms with E-state index in [0.29, 0.717) is 6.54 Å². The summed E-state index contributed by atoms with van der Waals surface area (Å²) < 4.78 is 11.2. The van der Waals surface area contributed by atoms with Crippen LogP contribution < -0.4 is 5.32 Å². The van der Waals surface area contributed by atoms with E-state index in [-0.39, 0.29) is 12.0 Å². The van der Waals surface area contributed by atoms with Gasteiger partial charge in [-0.05, 0) is 6.42 Å². The number of hydrogen-bond donors (Lipinski definition) is 1. The zero-order valence-electron chi connectivity index (χ0n) is 11.6. The first kappa shape index (κ1) is 15.4. The average molecular weight is 258 g/mol. The maximum Gasteiger partial charge on any atom is 0.216 e. The Balaban J connectivity index is 2.08. The molecule has 0 unspecified atom stereocenters. The molecule has 1 rings (SSSR count). The predicted octanol–water partition coefficient (Wildman–Crippen LogP) is 0.640. The lowest BCUT2D eigenvalue weighted by Gasteiger charge is -2.32. The molecule has 1 saturated heterocycles. The van der Waals surface area contributed by atoms with Crippen molar-refractivity contribution < 1.29 is 14.3 Å². The number of nitrogens with zero attached hydrogens (tertiary/aromatic N) is 1. The Hall–Kier alpha value is -0.650. The second kappa shape index (κ2) is 9.30. The summed E-state index contributed by atoms with van der Waals surface area (Å²) in [6.07, 6.45) is 2.42. The normalized spacial score (nSPS) is 20.9. The van der Waals surface area contributed by atoms with E-state index in [1.54, 1.807) is 0 Å². The zero-order valence-corrected chi connectivity index (χ0v) is 11.6. The highest BCUT2D eigenvalue weighted by Gasteiger charge is 2.20. The van der Waals surface area contributed by atoms with Crippen LogP contribution in [0.15, 0.2) is 0 Å². The SMILES string of the molecule is CCCCOCCN1CCO[C@@H](CNC(C)=O)C1. The Morgan fingerprint density at radius 1 is 1.50 bits per heavy atom. The van der Waals surface area contributed by atoms with Gasteiger partial charge in [0.2, 0.25) is 5.91 Å². The molecule has 0 bridgehead atoms. The fourth-order valence-electron chi connectivity index (χ4n) is 1.91. The molecular formula is C13H26N2O3. The van der Waals surface area contributed by atoms with Crippen LogP contribution in [0.2, 0.25) is 0 Å². The maximum absolute atomic E-state index is 10.8. The molecule has 0 aromatic carbocycles. The van der Waals surface area contributed by atoms with E-state index in [0.717, 1.165) is 45.9 Å². The van der Waals surface area contributed by atoms with E-state index < -0.39 is 0 Å². The highest BCUT2D eigenvalue weighted by molar-refractivity contribution is 5.72. The predicted molar refractivity (Wildman–Crippen MR) is 70.6 cm³/mol. The molecule has 1 atom stereocenters. The van der Waals surface area contributed by atoms with Crippen LogP contribution in [0.5, 0.6) is 0 Å². The molecule has 1 fully saturated rings. The molecular weight excluding hydrogens is 232 g/mol. The van der Waals surface area contributed by atoms with Crippen molar-refractivity contribution in [1.29, 1.82) is 0 Å². The summed E-state index contributed by atoms with van der Waals surface area (Å²) in [6.45, 7) is 9.44. The van der Waals surface area contributed by atoms with Crippen molar-refractivity contribution in [3.05, 3.63) is 0 Å². The first-order valence-corrected chi connectivity index (χ1v) is 6.88. The minimum absolute atomic E-state index is 0.00128. The molecule has 5 nitrogen and oxygen atoms in total. The number of carbonyl (C=O) groups is 1. The summed E-state index contributed by atoms with van der Waals surface area (Å²) in [7, 11) is 0. The van der Waals surface area contributed by atoms with E-state index in [4.69, 9.17) is 9.47 Å². The average Bonchev–Trinajstić information content (AvgIpc) is 2.37. The third-order valence-corrected chi connectivity index (χ3v) is 3.00. The largest absolute Gasteiger partial charge is 0.380 e. The van der Waals surface area contributed by atoms with Crippen LogP contribution >= 0.6 is 0 Å². The van der Waals surface area contributed by atoms with E-state index in [9.17, 15) is 4.79 Å². The number of hydrogen-bond acceptors (Lipinski definition) is 4. The molecule has 1 heterocycles. The topological polar surface area (TPSA) is 50.8 Å². The minimum atomic E-state index is -0.00128. The third-order valence-electron chi connectivity index (χ3n) is 3.00. The number of rotatable bonds is 8. The van der Waals surface area contributed by atoms with Gasteiger partial charge in [-0.2, -0.15) is 0 Å². The Morgan fingerprint density at radius 3 is 3.06 bits per heavy atom. The van der Waals surface area contributed by atoms with Gasteiger partial charge < -0.3 is 14.8 Å². The van der Waals surface area contributed by atoms with E-state index >= 15 is 0 Å². The summed E-state index contributed by atoms with van der Waals surface area (Å²) in [5, 5.41) is 2.80. The molecule has 0 spiro atoms. The molecule has 1 amide bonds. The summed E-state index contributed by atoms with van der Waals surface area (Å²) in [5.74, 6) is -0.00128. The van der Waals surface area contributed by atoms with Crippen molar-refractivity contribution in [1.82, 2.24) is 10.2 Å². The van der Waals surface area contributed by atoms with E-state index in [1.165, 1.54) is 13.3 Å². The maximum atomic E-state index is 10.8. The number of ether oxygens (including phenoxy) is 2. The minimum Gasteiger partial charge on any atom is -0.380 e. The van der Waals surface area contributed by atoms with Gasteiger partial charge in [0.25, 0.3) is 0 Å². The van der Waals surface area contributed by atoms with Crippen molar-refractivity contribution >= 4 is 5.91 Å². The Bertz CT molecular complexity index is 236. The third kappa shape index (κ3) is 6.93. The van der Waals surface area contributed by atoms with Gasteiger partial charge in [0.1, 0.15) is 0 Å². The van der Waals surface area contributed by atoms with Crippen LogP contribution in [-0.4, -0.2) is 62.9 Å². The second-order valence-electron chi connectivity index (χ2n) is 4.70. The fourth-order valence-corrected chi connectivity index (χ4v) is 1.91. The smallest absolute Gasteiger partial charge is 0.216 e. The van der Waals surface area contributed by atoms with Gasteiger partial charge in [-0.3, -0.25) is 9.69 Å². The van der Waals surface area contributed by atoms with Gasteiger partial charge in [0, 0.05) is 39.7 Å². The second-order valence-corrected chi connectivity index (χ2v) is 4.70. The molecule has 18 heavy (non-hydrogen) atoms. The molecule has 0 saturated carbocycles. The van der Waals surface area contributed by atoms with Crippen molar-refractivity contribution in [2.75, 3.05) is 46.0 Å². The lowest BCUT2D eigenvalue weighted by Crippen LogP contribution is -2.48. The number of morpholine rings is 1. The van der Waals surface area contributed by atoms with Crippen molar-refractivity contribution in [3.8, 4) is 0 Å². The molecule has 1 aliphatic rings. The van der Waals surface area contributed by atoms with Crippen LogP contribution in [0, 0.1) is 0 Å². The monoisotopic (exact) mass is 258 g/mol. The van der Waals surface area contributed by atoms with Crippen LogP contribution in [0.4, 0.5) is 0 Å². The Morgan fingerprint density at radius 2 is 2.33 bits per heavy atom. The summed E-state index contributed by atoms with van der Waals surface area (Å²) in [5.41, 5.74) is 0. The van der Waals surface area contributed by atoms with Gasteiger partial charge in [-0.1, -0.05) is 13.3 Å². The molecule has 0 aromatic rings.